The van der Waals surface area contributed by atoms with E-state index in [0.717, 1.165) is 0 Å². The maximum Gasteiger partial charge on any atom is 0.225 e. The molecule has 1 aromatic rings. The first-order valence-corrected chi connectivity index (χ1v) is 4.42. The van der Waals surface area contributed by atoms with Crippen LogP contribution in [0.5, 0.6) is 0 Å². The summed E-state index contributed by atoms with van der Waals surface area (Å²) in [5.41, 5.74) is 5.79. The molecule has 0 aromatic carbocycles. The van der Waals surface area contributed by atoms with Crippen molar-refractivity contribution in [1.29, 1.82) is 5.41 Å². The van der Waals surface area contributed by atoms with E-state index < -0.39 is 0 Å². The van der Waals surface area contributed by atoms with Crippen LogP contribution < -0.4 is 10.6 Å². The highest BCUT2D eigenvalue weighted by atomic mass is 15.2. The molecule has 1 aromatic heterocycles. The Morgan fingerprint density at radius 1 is 1.57 bits per heavy atom. The largest absolute Gasteiger partial charge is 0.382 e. The van der Waals surface area contributed by atoms with Crippen molar-refractivity contribution in [1.82, 2.24) is 9.97 Å². The zero-order valence-electron chi connectivity index (χ0n) is 8.65. The van der Waals surface area contributed by atoms with Crippen LogP contribution in [0.4, 0.5) is 5.95 Å². The summed E-state index contributed by atoms with van der Waals surface area (Å²) < 4.78 is 0. The first-order valence-electron chi connectivity index (χ1n) is 4.42. The highest BCUT2D eigenvalue weighted by molar-refractivity contribution is 5.93. The van der Waals surface area contributed by atoms with E-state index in [1.165, 1.54) is 0 Å². The van der Waals surface area contributed by atoms with Crippen LogP contribution in [0.3, 0.4) is 0 Å². The number of aromatic nitrogens is 2. The molecular formula is C9H15N5. The van der Waals surface area contributed by atoms with E-state index in [0.29, 0.717) is 17.7 Å². The SMILES string of the molecule is CC(C)N(C)c1nccc(C(=N)N)n1. The van der Waals surface area contributed by atoms with E-state index in [-0.39, 0.29) is 5.84 Å². The second kappa shape index (κ2) is 4.04. The standard InChI is InChI=1S/C9H15N5/c1-6(2)14(3)9-12-5-4-7(13-9)8(10)11/h4-6H,1-3H3,(H3,10,11). The van der Waals surface area contributed by atoms with Crippen molar-refractivity contribution in [3.05, 3.63) is 18.0 Å². The van der Waals surface area contributed by atoms with Crippen LogP contribution in [0, 0.1) is 5.41 Å². The van der Waals surface area contributed by atoms with Crippen molar-refractivity contribution >= 4 is 11.8 Å². The van der Waals surface area contributed by atoms with E-state index in [1.54, 1.807) is 12.3 Å². The van der Waals surface area contributed by atoms with Crippen molar-refractivity contribution in [2.75, 3.05) is 11.9 Å². The van der Waals surface area contributed by atoms with Crippen molar-refractivity contribution in [3.8, 4) is 0 Å². The van der Waals surface area contributed by atoms with Gasteiger partial charge in [0.15, 0.2) is 0 Å². The summed E-state index contributed by atoms with van der Waals surface area (Å²) in [4.78, 5) is 10.2. The van der Waals surface area contributed by atoms with Crippen LogP contribution in [-0.2, 0) is 0 Å². The summed E-state index contributed by atoms with van der Waals surface area (Å²) in [5.74, 6) is 0.554. The van der Waals surface area contributed by atoms with Crippen LogP contribution in [0.2, 0.25) is 0 Å². The van der Waals surface area contributed by atoms with Gasteiger partial charge in [-0.05, 0) is 19.9 Å². The molecular weight excluding hydrogens is 178 g/mol. The minimum Gasteiger partial charge on any atom is -0.382 e. The molecule has 0 aliphatic heterocycles. The molecule has 0 aliphatic rings. The number of nitrogens with one attached hydrogen (secondary N) is 1. The Morgan fingerprint density at radius 2 is 2.21 bits per heavy atom. The smallest absolute Gasteiger partial charge is 0.225 e. The molecule has 5 nitrogen and oxygen atoms in total. The number of rotatable bonds is 3. The van der Waals surface area contributed by atoms with Crippen molar-refractivity contribution in [3.63, 3.8) is 0 Å². The second-order valence-corrected chi connectivity index (χ2v) is 3.36. The Bertz CT molecular complexity index is 334. The number of amidine groups is 1. The zero-order valence-corrected chi connectivity index (χ0v) is 8.65. The van der Waals surface area contributed by atoms with E-state index in [2.05, 4.69) is 9.97 Å². The first-order chi connectivity index (χ1) is 6.52. The highest BCUT2D eigenvalue weighted by Crippen LogP contribution is 2.08. The predicted octanol–water partition coefficient (Wildman–Crippen LogP) is 0.605. The van der Waals surface area contributed by atoms with Gasteiger partial charge in [-0.2, -0.15) is 0 Å². The van der Waals surface area contributed by atoms with E-state index >= 15 is 0 Å². The highest BCUT2D eigenvalue weighted by Gasteiger charge is 2.08. The summed E-state index contributed by atoms with van der Waals surface area (Å²) in [7, 11) is 1.91. The Hall–Kier alpha value is -1.65. The summed E-state index contributed by atoms with van der Waals surface area (Å²) in [6.07, 6.45) is 1.61. The van der Waals surface area contributed by atoms with Crippen LogP contribution in [0.1, 0.15) is 19.5 Å². The molecule has 0 spiro atoms. The van der Waals surface area contributed by atoms with Crippen LogP contribution in [-0.4, -0.2) is 28.9 Å². The average Bonchev–Trinajstić information content (AvgIpc) is 2.16. The van der Waals surface area contributed by atoms with Gasteiger partial charge in [0.25, 0.3) is 0 Å². The predicted molar refractivity (Wildman–Crippen MR) is 56.6 cm³/mol. The lowest BCUT2D eigenvalue weighted by atomic mass is 10.3. The number of hydrogen-bond donors (Lipinski definition) is 2. The lowest BCUT2D eigenvalue weighted by molar-refractivity contribution is 0.728. The van der Waals surface area contributed by atoms with Crippen LogP contribution in [0.15, 0.2) is 12.3 Å². The van der Waals surface area contributed by atoms with Gasteiger partial charge in [-0.15, -0.1) is 0 Å². The molecule has 14 heavy (non-hydrogen) atoms. The maximum atomic E-state index is 7.25. The maximum absolute atomic E-state index is 7.25. The fourth-order valence-corrected chi connectivity index (χ4v) is 0.899. The molecule has 1 rings (SSSR count). The number of hydrogen-bond acceptors (Lipinski definition) is 4. The summed E-state index contributed by atoms with van der Waals surface area (Å²) in [6, 6.07) is 1.94. The van der Waals surface area contributed by atoms with Gasteiger partial charge < -0.3 is 10.6 Å². The minimum atomic E-state index is -0.0363. The van der Waals surface area contributed by atoms with Crippen molar-refractivity contribution in [2.45, 2.75) is 19.9 Å². The van der Waals surface area contributed by atoms with E-state index in [1.807, 2.05) is 25.8 Å². The summed E-state index contributed by atoms with van der Waals surface area (Å²) in [6.45, 7) is 4.09. The Morgan fingerprint density at radius 3 is 2.71 bits per heavy atom. The van der Waals surface area contributed by atoms with Gasteiger partial charge in [0.1, 0.15) is 11.5 Å². The normalized spacial score (nSPS) is 10.3. The van der Waals surface area contributed by atoms with Gasteiger partial charge in [0, 0.05) is 19.3 Å². The fraction of sp³-hybridized carbons (Fsp3) is 0.444. The fourth-order valence-electron chi connectivity index (χ4n) is 0.899. The molecule has 76 valence electrons. The molecule has 3 N–H and O–H groups in total. The molecule has 0 radical (unpaired) electrons. The Kier molecular flexibility index (Phi) is 3.01. The Labute approximate surface area is 83.5 Å². The molecule has 1 heterocycles. The zero-order chi connectivity index (χ0) is 10.7. The van der Waals surface area contributed by atoms with Crippen molar-refractivity contribution in [2.24, 2.45) is 5.73 Å². The monoisotopic (exact) mass is 193 g/mol. The van der Waals surface area contributed by atoms with Gasteiger partial charge in [-0.1, -0.05) is 0 Å². The molecule has 0 fully saturated rings. The van der Waals surface area contributed by atoms with Gasteiger partial charge in [0.05, 0.1) is 0 Å². The lowest BCUT2D eigenvalue weighted by Gasteiger charge is -2.21. The van der Waals surface area contributed by atoms with Gasteiger partial charge in [-0.3, -0.25) is 5.41 Å². The average molecular weight is 193 g/mol. The number of anilines is 1. The second-order valence-electron chi connectivity index (χ2n) is 3.36. The molecule has 0 bridgehead atoms. The van der Waals surface area contributed by atoms with Crippen LogP contribution >= 0.6 is 0 Å². The van der Waals surface area contributed by atoms with Crippen molar-refractivity contribution < 1.29 is 0 Å². The number of nitrogen functional groups attached to an aromatic ring is 1. The molecule has 0 unspecified atom stereocenters. The van der Waals surface area contributed by atoms with Crippen LogP contribution in [0.25, 0.3) is 0 Å². The lowest BCUT2D eigenvalue weighted by Crippen LogP contribution is -2.28. The molecule has 5 heteroatoms. The Balaban J connectivity index is 2.99. The number of nitrogens with zero attached hydrogens (tertiary/aromatic N) is 3. The first kappa shape index (κ1) is 10.4. The van der Waals surface area contributed by atoms with Gasteiger partial charge in [-0.25, -0.2) is 9.97 Å². The number of nitrogens with two attached hydrogens (primary N) is 1. The third-order valence-electron chi connectivity index (χ3n) is 2.01. The molecule has 0 atom stereocenters. The van der Waals surface area contributed by atoms with Gasteiger partial charge >= 0.3 is 0 Å². The third kappa shape index (κ3) is 2.18. The molecule has 0 aliphatic carbocycles. The van der Waals surface area contributed by atoms with E-state index in [4.69, 9.17) is 11.1 Å². The third-order valence-corrected chi connectivity index (χ3v) is 2.01. The van der Waals surface area contributed by atoms with Gasteiger partial charge in [0.2, 0.25) is 5.95 Å². The quantitative estimate of drug-likeness (QED) is 0.544. The minimum absolute atomic E-state index is 0.0363. The summed E-state index contributed by atoms with van der Waals surface area (Å²) in [5, 5.41) is 7.25. The topological polar surface area (TPSA) is 78.9 Å². The summed E-state index contributed by atoms with van der Waals surface area (Å²) >= 11 is 0. The molecule has 0 amide bonds. The van der Waals surface area contributed by atoms with E-state index in [9.17, 15) is 0 Å². The molecule has 0 saturated carbocycles. The molecule has 0 saturated heterocycles.